The van der Waals surface area contributed by atoms with Gasteiger partial charge in [0, 0.05) is 18.0 Å². The number of methoxy groups -OCH3 is 1. The second-order valence-electron chi connectivity index (χ2n) is 4.57. The van der Waals surface area contributed by atoms with Crippen LogP contribution >= 0.6 is 11.3 Å². The molecule has 0 aliphatic carbocycles. The summed E-state index contributed by atoms with van der Waals surface area (Å²) in [6.45, 7) is 1.06. The first kappa shape index (κ1) is 13.6. The maximum Gasteiger partial charge on any atom is 0.261 e. The first-order valence-electron chi connectivity index (χ1n) is 6.55. The molecule has 21 heavy (non-hydrogen) atoms. The average Bonchev–Trinajstić information content (AvgIpc) is 2.97. The van der Waals surface area contributed by atoms with E-state index in [2.05, 4.69) is 15.6 Å². The number of nitrogens with one attached hydrogen (secondary N) is 2. The number of hydrogen-bond donors (Lipinski definition) is 2. The quantitative estimate of drug-likeness (QED) is 0.869. The minimum atomic E-state index is -0.0752. The van der Waals surface area contributed by atoms with E-state index in [0.29, 0.717) is 18.1 Å². The Morgan fingerprint density at radius 1 is 1.43 bits per heavy atom. The smallest absolute Gasteiger partial charge is 0.261 e. The van der Waals surface area contributed by atoms with E-state index in [4.69, 9.17) is 4.74 Å². The van der Waals surface area contributed by atoms with Gasteiger partial charge in [-0.15, -0.1) is 11.3 Å². The van der Waals surface area contributed by atoms with Crippen LogP contribution in [0.2, 0.25) is 0 Å². The zero-order valence-corrected chi connectivity index (χ0v) is 12.4. The average molecular weight is 301 g/mol. The monoisotopic (exact) mass is 301 g/mol. The van der Waals surface area contributed by atoms with Crippen LogP contribution in [0.3, 0.4) is 0 Å². The molecular formula is C15H15N3O2S. The number of fused-ring (bicyclic) bond motifs is 1. The molecule has 1 amide bonds. The molecule has 3 rings (SSSR count). The third-order valence-corrected chi connectivity index (χ3v) is 4.23. The Balaban J connectivity index is 1.67. The van der Waals surface area contributed by atoms with Crippen molar-refractivity contribution >= 4 is 23.4 Å². The van der Waals surface area contributed by atoms with E-state index in [1.807, 2.05) is 36.5 Å². The molecule has 0 fully saturated rings. The number of amides is 1. The fourth-order valence-electron chi connectivity index (χ4n) is 2.02. The van der Waals surface area contributed by atoms with Crippen LogP contribution in [-0.4, -0.2) is 19.7 Å². The number of nitrogens with zero attached hydrogens (tertiary/aromatic N) is 1. The van der Waals surface area contributed by atoms with Crippen LogP contribution < -0.4 is 25.3 Å². The number of carbonyl (C=O) groups is 1. The Morgan fingerprint density at radius 3 is 2.95 bits per heavy atom. The molecule has 1 aliphatic rings. The first-order valence-corrected chi connectivity index (χ1v) is 7.37. The van der Waals surface area contributed by atoms with Gasteiger partial charge in [0.25, 0.3) is 5.91 Å². The largest absolute Gasteiger partial charge is 0.497 e. The molecule has 0 radical (unpaired) electrons. The summed E-state index contributed by atoms with van der Waals surface area (Å²) >= 11 is 1.41. The summed E-state index contributed by atoms with van der Waals surface area (Å²) in [6.07, 6.45) is 1.89. The van der Waals surface area contributed by atoms with Gasteiger partial charge in [0.15, 0.2) is 0 Å². The maximum atomic E-state index is 12.2. The highest BCUT2D eigenvalue weighted by Crippen LogP contribution is 2.11. The molecule has 6 heteroatoms. The molecule has 1 aromatic heterocycles. The van der Waals surface area contributed by atoms with Gasteiger partial charge < -0.3 is 15.4 Å². The Kier molecular flexibility index (Phi) is 3.87. The summed E-state index contributed by atoms with van der Waals surface area (Å²) in [5, 5.41) is 6.92. The zero-order valence-electron chi connectivity index (χ0n) is 11.6. The maximum absolute atomic E-state index is 12.2. The number of carbonyl (C=O) groups excluding carboxylic acids is 1. The van der Waals surface area contributed by atoms with Crippen molar-refractivity contribution in [3.05, 3.63) is 50.7 Å². The molecule has 2 N–H and O–H groups in total. The molecule has 1 aliphatic heterocycles. The number of thiophene rings is 1. The van der Waals surface area contributed by atoms with Crippen molar-refractivity contribution < 1.29 is 9.53 Å². The minimum absolute atomic E-state index is 0.0752. The lowest BCUT2D eigenvalue weighted by atomic mass is 10.2. The molecule has 0 bridgehead atoms. The predicted octanol–water partition coefficient (Wildman–Crippen LogP) is 0.605. The van der Waals surface area contributed by atoms with Crippen molar-refractivity contribution in [3.8, 4) is 5.75 Å². The van der Waals surface area contributed by atoms with Crippen LogP contribution in [0.15, 0.2) is 35.3 Å². The molecule has 0 spiro atoms. The molecule has 1 aromatic carbocycles. The molecular weight excluding hydrogens is 286 g/mol. The third-order valence-electron chi connectivity index (χ3n) is 3.15. The highest BCUT2D eigenvalue weighted by atomic mass is 32.1. The summed E-state index contributed by atoms with van der Waals surface area (Å²) in [4.78, 5) is 17.2. The SMILES string of the molecule is COc1ccc(CNC(=O)c2cc3c(s2)=NCNC=3)cc1. The summed E-state index contributed by atoms with van der Waals surface area (Å²) < 4.78 is 6.01. The van der Waals surface area contributed by atoms with Crippen molar-refractivity contribution in [1.29, 1.82) is 0 Å². The number of ether oxygens (including phenoxy) is 1. The highest BCUT2D eigenvalue weighted by Gasteiger charge is 2.10. The van der Waals surface area contributed by atoms with Gasteiger partial charge in [-0.2, -0.15) is 0 Å². The van der Waals surface area contributed by atoms with Crippen LogP contribution in [0.25, 0.3) is 6.20 Å². The van der Waals surface area contributed by atoms with Crippen molar-refractivity contribution in [2.45, 2.75) is 6.54 Å². The van der Waals surface area contributed by atoms with Crippen LogP contribution in [0.4, 0.5) is 0 Å². The van der Waals surface area contributed by atoms with Crippen LogP contribution in [0.5, 0.6) is 5.75 Å². The lowest BCUT2D eigenvalue weighted by Crippen LogP contribution is -2.28. The molecule has 0 saturated carbocycles. The molecule has 0 unspecified atom stereocenters. The fourth-order valence-corrected chi connectivity index (χ4v) is 2.94. The lowest BCUT2D eigenvalue weighted by molar-refractivity contribution is 0.0955. The van der Waals surface area contributed by atoms with Crippen molar-refractivity contribution in [2.75, 3.05) is 13.8 Å². The molecule has 0 saturated heterocycles. The lowest BCUT2D eigenvalue weighted by Gasteiger charge is -2.05. The summed E-state index contributed by atoms with van der Waals surface area (Å²) in [6, 6.07) is 9.49. The highest BCUT2D eigenvalue weighted by molar-refractivity contribution is 7.11. The van der Waals surface area contributed by atoms with Crippen LogP contribution in [0.1, 0.15) is 15.2 Å². The second kappa shape index (κ2) is 5.97. The topological polar surface area (TPSA) is 62.7 Å². The van der Waals surface area contributed by atoms with E-state index in [9.17, 15) is 4.79 Å². The van der Waals surface area contributed by atoms with Crippen molar-refractivity contribution in [2.24, 2.45) is 4.99 Å². The molecule has 2 aromatic rings. The Labute approximate surface area is 126 Å². The molecule has 0 atom stereocenters. The summed E-state index contributed by atoms with van der Waals surface area (Å²) in [5.41, 5.74) is 1.03. The van der Waals surface area contributed by atoms with Gasteiger partial charge >= 0.3 is 0 Å². The van der Waals surface area contributed by atoms with E-state index in [1.165, 1.54) is 11.3 Å². The van der Waals surface area contributed by atoms with Crippen LogP contribution in [0, 0.1) is 0 Å². The second-order valence-corrected chi connectivity index (χ2v) is 5.60. The number of benzene rings is 1. The van der Waals surface area contributed by atoms with Gasteiger partial charge in [0.05, 0.1) is 12.0 Å². The third kappa shape index (κ3) is 3.05. The first-order chi connectivity index (χ1) is 10.3. The van der Waals surface area contributed by atoms with E-state index in [0.717, 1.165) is 21.2 Å². The molecule has 2 heterocycles. The normalized spacial score (nSPS) is 12.4. The van der Waals surface area contributed by atoms with E-state index in [1.54, 1.807) is 7.11 Å². The van der Waals surface area contributed by atoms with Gasteiger partial charge in [-0.25, -0.2) is 0 Å². The zero-order chi connectivity index (χ0) is 14.7. The van der Waals surface area contributed by atoms with Crippen molar-refractivity contribution in [3.63, 3.8) is 0 Å². The van der Waals surface area contributed by atoms with Gasteiger partial charge in [-0.1, -0.05) is 12.1 Å². The van der Waals surface area contributed by atoms with E-state index in [-0.39, 0.29) is 5.91 Å². The fraction of sp³-hybridized carbons (Fsp3) is 0.200. The van der Waals surface area contributed by atoms with Gasteiger partial charge in [-0.3, -0.25) is 9.79 Å². The van der Waals surface area contributed by atoms with Gasteiger partial charge in [0.2, 0.25) is 0 Å². The van der Waals surface area contributed by atoms with Gasteiger partial charge in [-0.05, 0) is 23.8 Å². The molecule has 5 nitrogen and oxygen atoms in total. The molecule has 108 valence electrons. The van der Waals surface area contributed by atoms with Crippen LogP contribution in [-0.2, 0) is 6.54 Å². The standard InChI is InChI=1S/C15H15N3O2S/c1-20-12-4-2-10(3-5-12)7-17-14(19)13-6-11-8-16-9-18-15(11)21-13/h2-6,8,16H,7,9H2,1H3,(H,17,19). The van der Waals surface area contributed by atoms with Gasteiger partial charge in [0.1, 0.15) is 17.1 Å². The summed E-state index contributed by atoms with van der Waals surface area (Å²) in [7, 11) is 1.63. The Morgan fingerprint density at radius 2 is 2.24 bits per heavy atom. The van der Waals surface area contributed by atoms with E-state index >= 15 is 0 Å². The Bertz CT molecular complexity index is 732. The van der Waals surface area contributed by atoms with E-state index < -0.39 is 0 Å². The summed E-state index contributed by atoms with van der Waals surface area (Å²) in [5.74, 6) is 0.731. The number of rotatable bonds is 4. The van der Waals surface area contributed by atoms with Crippen molar-refractivity contribution in [1.82, 2.24) is 10.6 Å². The Hall–Kier alpha value is -2.34. The predicted molar refractivity (Wildman–Crippen MR) is 81.7 cm³/mol. The number of hydrogen-bond acceptors (Lipinski definition) is 5. The minimum Gasteiger partial charge on any atom is -0.497 e.